The molecule has 0 bridgehead atoms. The van der Waals surface area contributed by atoms with Crippen molar-refractivity contribution >= 4 is 5.91 Å². The quantitative estimate of drug-likeness (QED) is 0.856. The Morgan fingerprint density at radius 3 is 2.65 bits per heavy atom. The monoisotopic (exact) mass is 355 g/mol. The fourth-order valence-electron chi connectivity index (χ4n) is 2.74. The summed E-state index contributed by atoms with van der Waals surface area (Å²) in [6.45, 7) is 2.09. The maximum Gasteiger partial charge on any atom is 0.251 e. The van der Waals surface area contributed by atoms with Gasteiger partial charge in [0.05, 0.1) is 12.2 Å². The fourth-order valence-corrected chi connectivity index (χ4v) is 2.74. The molecule has 26 heavy (non-hydrogen) atoms. The lowest BCUT2D eigenvalue weighted by atomic mass is 10.0. The predicted octanol–water partition coefficient (Wildman–Crippen LogP) is 3.52. The molecule has 3 nitrogen and oxygen atoms in total. The Balaban J connectivity index is 1.59. The van der Waals surface area contributed by atoms with E-state index in [1.807, 2.05) is 0 Å². The molecule has 2 aromatic carbocycles. The van der Waals surface area contributed by atoms with E-state index >= 15 is 0 Å². The Hall–Kier alpha value is -2.71. The van der Waals surface area contributed by atoms with E-state index in [2.05, 4.69) is 17.2 Å². The second kappa shape index (κ2) is 8.59. The molecule has 3 rings (SSSR count). The first kappa shape index (κ1) is 18.1. The van der Waals surface area contributed by atoms with Gasteiger partial charge >= 0.3 is 0 Å². The topological polar surface area (TPSA) is 38.3 Å². The second-order valence-corrected chi connectivity index (χ2v) is 6.24. The van der Waals surface area contributed by atoms with Crippen LogP contribution >= 0.6 is 0 Å². The van der Waals surface area contributed by atoms with Crippen LogP contribution in [0.2, 0.25) is 0 Å². The van der Waals surface area contributed by atoms with Crippen molar-refractivity contribution in [1.82, 2.24) is 5.32 Å². The van der Waals surface area contributed by atoms with Crippen molar-refractivity contribution in [1.29, 1.82) is 0 Å². The zero-order chi connectivity index (χ0) is 18.4. The number of hydrogen-bond donors (Lipinski definition) is 1. The number of hydrogen-bond acceptors (Lipinski definition) is 2. The van der Waals surface area contributed by atoms with E-state index in [1.165, 1.54) is 6.07 Å². The molecule has 1 atom stereocenters. The molecule has 1 N–H and O–H groups in total. The lowest BCUT2D eigenvalue weighted by Gasteiger charge is -2.22. The van der Waals surface area contributed by atoms with Crippen LogP contribution in [0.4, 0.5) is 8.78 Å². The summed E-state index contributed by atoms with van der Waals surface area (Å²) in [7, 11) is 0. The van der Waals surface area contributed by atoms with Gasteiger partial charge in [-0.1, -0.05) is 11.8 Å². The van der Waals surface area contributed by atoms with Crippen LogP contribution < -0.4 is 5.32 Å². The summed E-state index contributed by atoms with van der Waals surface area (Å²) >= 11 is 0. The first-order chi connectivity index (χ1) is 12.6. The molecule has 0 saturated carbocycles. The van der Waals surface area contributed by atoms with Gasteiger partial charge in [-0.05, 0) is 55.2 Å². The molecule has 1 aliphatic heterocycles. The van der Waals surface area contributed by atoms with Gasteiger partial charge in [0.2, 0.25) is 0 Å². The highest BCUT2D eigenvalue weighted by Gasteiger charge is 2.15. The SMILES string of the molecule is O=C(NC[C@@H]1CCCOC1)c1ccc(C#Cc2ccc(F)cc2F)cc1. The Labute approximate surface area is 151 Å². The van der Waals surface area contributed by atoms with Gasteiger partial charge in [-0.15, -0.1) is 0 Å². The zero-order valence-electron chi connectivity index (χ0n) is 14.2. The highest BCUT2D eigenvalue weighted by molar-refractivity contribution is 5.94. The van der Waals surface area contributed by atoms with E-state index in [1.54, 1.807) is 24.3 Å². The molecular formula is C21H19F2NO2. The summed E-state index contributed by atoms with van der Waals surface area (Å²) in [6.07, 6.45) is 2.09. The Morgan fingerprint density at radius 1 is 1.15 bits per heavy atom. The number of carbonyl (C=O) groups excluding carboxylic acids is 1. The standard InChI is InChI=1S/C21H19F2NO2/c22-19-10-9-17(20(23)12-19)6-3-15-4-7-18(8-5-15)21(25)24-13-16-2-1-11-26-14-16/h4-5,7-10,12,16H,1-2,11,13-14H2,(H,24,25)/t16-/m0/s1. The smallest absolute Gasteiger partial charge is 0.251 e. The molecule has 1 heterocycles. The molecule has 2 aromatic rings. The Kier molecular flexibility index (Phi) is 5.98. The van der Waals surface area contributed by atoms with Gasteiger partial charge in [0, 0.05) is 30.3 Å². The van der Waals surface area contributed by atoms with Crippen molar-refractivity contribution in [3.63, 3.8) is 0 Å². The van der Waals surface area contributed by atoms with Crippen LogP contribution in [0.1, 0.15) is 34.3 Å². The minimum Gasteiger partial charge on any atom is -0.381 e. The van der Waals surface area contributed by atoms with Crippen LogP contribution in [-0.4, -0.2) is 25.7 Å². The van der Waals surface area contributed by atoms with Crippen LogP contribution in [0.15, 0.2) is 42.5 Å². The summed E-state index contributed by atoms with van der Waals surface area (Å²) < 4.78 is 31.8. The fraction of sp³-hybridized carbons (Fsp3) is 0.286. The van der Waals surface area contributed by atoms with Crippen molar-refractivity contribution in [3.05, 3.63) is 70.8 Å². The number of ether oxygens (including phenoxy) is 1. The van der Waals surface area contributed by atoms with Gasteiger partial charge in [0.25, 0.3) is 5.91 Å². The van der Waals surface area contributed by atoms with Crippen LogP contribution in [0.25, 0.3) is 0 Å². The minimum atomic E-state index is -0.694. The largest absolute Gasteiger partial charge is 0.381 e. The molecule has 0 aromatic heterocycles. The van der Waals surface area contributed by atoms with Crippen molar-refractivity contribution in [2.24, 2.45) is 5.92 Å². The van der Waals surface area contributed by atoms with Gasteiger partial charge in [0.1, 0.15) is 11.6 Å². The molecular weight excluding hydrogens is 336 g/mol. The van der Waals surface area contributed by atoms with Crippen LogP contribution in [0, 0.1) is 29.4 Å². The molecule has 0 radical (unpaired) electrons. The van der Waals surface area contributed by atoms with E-state index in [4.69, 9.17) is 4.74 Å². The van der Waals surface area contributed by atoms with Crippen LogP contribution in [-0.2, 0) is 4.74 Å². The summed E-state index contributed by atoms with van der Waals surface area (Å²) in [5.41, 5.74) is 1.31. The molecule has 0 aliphatic carbocycles. The average Bonchev–Trinajstić information content (AvgIpc) is 2.67. The van der Waals surface area contributed by atoms with Crippen molar-refractivity contribution in [2.75, 3.05) is 19.8 Å². The molecule has 1 aliphatic rings. The number of halogens is 2. The Morgan fingerprint density at radius 2 is 1.96 bits per heavy atom. The summed E-state index contributed by atoms with van der Waals surface area (Å²) in [6, 6.07) is 10.0. The summed E-state index contributed by atoms with van der Waals surface area (Å²) in [5.74, 6) is 4.37. The summed E-state index contributed by atoms with van der Waals surface area (Å²) in [4.78, 5) is 12.2. The first-order valence-corrected chi connectivity index (χ1v) is 8.55. The normalized spacial score (nSPS) is 16.5. The third-order valence-electron chi connectivity index (χ3n) is 4.23. The van der Waals surface area contributed by atoms with Gasteiger partial charge in [-0.2, -0.15) is 0 Å². The van der Waals surface area contributed by atoms with Gasteiger partial charge < -0.3 is 10.1 Å². The lowest BCUT2D eigenvalue weighted by Crippen LogP contribution is -2.33. The third-order valence-corrected chi connectivity index (χ3v) is 4.23. The van der Waals surface area contributed by atoms with Crippen molar-refractivity contribution in [3.8, 4) is 11.8 Å². The number of rotatable bonds is 3. The van der Waals surface area contributed by atoms with E-state index in [9.17, 15) is 13.6 Å². The molecule has 0 spiro atoms. The number of amides is 1. The van der Waals surface area contributed by atoms with Gasteiger partial charge in [-0.3, -0.25) is 4.79 Å². The van der Waals surface area contributed by atoms with E-state index in [0.29, 0.717) is 30.2 Å². The maximum absolute atomic E-state index is 13.6. The number of benzene rings is 2. The van der Waals surface area contributed by atoms with E-state index in [0.717, 1.165) is 31.6 Å². The predicted molar refractivity (Wildman–Crippen MR) is 94.7 cm³/mol. The molecule has 5 heteroatoms. The lowest BCUT2D eigenvalue weighted by molar-refractivity contribution is 0.0536. The zero-order valence-corrected chi connectivity index (χ0v) is 14.2. The minimum absolute atomic E-state index is 0.128. The summed E-state index contributed by atoms with van der Waals surface area (Å²) in [5, 5.41) is 2.92. The second-order valence-electron chi connectivity index (χ2n) is 6.24. The van der Waals surface area contributed by atoms with E-state index in [-0.39, 0.29) is 11.5 Å². The first-order valence-electron chi connectivity index (χ1n) is 8.55. The third kappa shape index (κ3) is 4.90. The number of nitrogens with one attached hydrogen (secondary N) is 1. The molecule has 1 fully saturated rings. The highest BCUT2D eigenvalue weighted by Crippen LogP contribution is 2.13. The molecule has 0 unspecified atom stereocenters. The Bertz CT molecular complexity index is 831. The van der Waals surface area contributed by atoms with Gasteiger partial charge in [0.15, 0.2) is 0 Å². The molecule has 1 amide bonds. The number of carbonyl (C=O) groups is 1. The van der Waals surface area contributed by atoms with Gasteiger partial charge in [-0.25, -0.2) is 8.78 Å². The molecule has 1 saturated heterocycles. The molecule has 134 valence electrons. The van der Waals surface area contributed by atoms with Crippen molar-refractivity contribution < 1.29 is 18.3 Å². The van der Waals surface area contributed by atoms with Crippen LogP contribution in [0.5, 0.6) is 0 Å². The van der Waals surface area contributed by atoms with E-state index < -0.39 is 11.6 Å². The highest BCUT2D eigenvalue weighted by atomic mass is 19.1. The average molecular weight is 355 g/mol. The maximum atomic E-state index is 13.6. The van der Waals surface area contributed by atoms with Crippen molar-refractivity contribution in [2.45, 2.75) is 12.8 Å². The van der Waals surface area contributed by atoms with Crippen LogP contribution in [0.3, 0.4) is 0 Å².